The first-order valence-electron chi connectivity index (χ1n) is 4.85. The zero-order chi connectivity index (χ0) is 11.5. The number of rotatable bonds is 3. The number of carbonyl (C=O) groups excluding carboxylic acids is 1. The van der Waals surface area contributed by atoms with E-state index in [1.807, 2.05) is 0 Å². The standard InChI is InChI=1S/C12H10FNOS/c1-8(15)6-12-14-7-11(16-12)9-2-4-10(13)5-3-9/h2-5,7H,6H2,1H3. The number of hydrogen-bond donors (Lipinski definition) is 0. The van der Waals surface area contributed by atoms with E-state index in [9.17, 15) is 9.18 Å². The van der Waals surface area contributed by atoms with Gasteiger partial charge < -0.3 is 0 Å². The fourth-order valence-electron chi connectivity index (χ4n) is 1.35. The van der Waals surface area contributed by atoms with Gasteiger partial charge in [0.15, 0.2) is 0 Å². The maximum absolute atomic E-state index is 12.7. The van der Waals surface area contributed by atoms with E-state index in [0.29, 0.717) is 6.42 Å². The second-order valence-electron chi connectivity index (χ2n) is 3.50. The number of carbonyl (C=O) groups is 1. The molecule has 0 amide bonds. The molecule has 2 rings (SSSR count). The van der Waals surface area contributed by atoms with E-state index in [4.69, 9.17) is 0 Å². The molecule has 2 nitrogen and oxygen atoms in total. The first-order valence-corrected chi connectivity index (χ1v) is 5.67. The molecule has 0 bridgehead atoms. The summed E-state index contributed by atoms with van der Waals surface area (Å²) in [6, 6.07) is 6.25. The Labute approximate surface area is 96.8 Å². The van der Waals surface area contributed by atoms with Gasteiger partial charge >= 0.3 is 0 Å². The van der Waals surface area contributed by atoms with Gasteiger partial charge in [-0.1, -0.05) is 12.1 Å². The van der Waals surface area contributed by atoms with Crippen molar-refractivity contribution in [3.8, 4) is 10.4 Å². The van der Waals surface area contributed by atoms with Crippen LogP contribution in [0.3, 0.4) is 0 Å². The van der Waals surface area contributed by atoms with Gasteiger partial charge in [-0.3, -0.25) is 4.79 Å². The normalized spacial score (nSPS) is 10.4. The van der Waals surface area contributed by atoms with Crippen molar-refractivity contribution in [2.24, 2.45) is 0 Å². The van der Waals surface area contributed by atoms with E-state index in [-0.39, 0.29) is 11.6 Å². The summed E-state index contributed by atoms with van der Waals surface area (Å²) < 4.78 is 12.7. The van der Waals surface area contributed by atoms with Crippen molar-refractivity contribution in [2.75, 3.05) is 0 Å². The predicted molar refractivity (Wildman–Crippen MR) is 61.9 cm³/mol. The molecule has 0 radical (unpaired) electrons. The number of benzene rings is 1. The van der Waals surface area contributed by atoms with Gasteiger partial charge in [-0.15, -0.1) is 11.3 Å². The molecule has 1 aromatic heterocycles. The van der Waals surface area contributed by atoms with E-state index in [0.717, 1.165) is 15.4 Å². The Morgan fingerprint density at radius 1 is 1.38 bits per heavy atom. The third kappa shape index (κ3) is 2.52. The van der Waals surface area contributed by atoms with Crippen molar-refractivity contribution in [3.05, 3.63) is 41.3 Å². The maximum atomic E-state index is 12.7. The highest BCUT2D eigenvalue weighted by Crippen LogP contribution is 2.26. The minimum Gasteiger partial charge on any atom is -0.300 e. The molecule has 1 heterocycles. The van der Waals surface area contributed by atoms with Crippen LogP contribution in [0.25, 0.3) is 10.4 Å². The van der Waals surface area contributed by atoms with Crippen LogP contribution in [0.15, 0.2) is 30.5 Å². The second-order valence-corrected chi connectivity index (χ2v) is 4.62. The van der Waals surface area contributed by atoms with Crippen LogP contribution in [-0.4, -0.2) is 10.8 Å². The SMILES string of the molecule is CC(=O)Cc1ncc(-c2ccc(F)cc2)s1. The molecule has 0 N–H and O–H groups in total. The van der Waals surface area contributed by atoms with Gasteiger partial charge in [0, 0.05) is 6.20 Å². The molecule has 4 heteroatoms. The smallest absolute Gasteiger partial charge is 0.136 e. The lowest BCUT2D eigenvalue weighted by molar-refractivity contribution is -0.116. The summed E-state index contributed by atoms with van der Waals surface area (Å²) in [7, 11) is 0. The largest absolute Gasteiger partial charge is 0.300 e. The van der Waals surface area contributed by atoms with Crippen molar-refractivity contribution in [2.45, 2.75) is 13.3 Å². The number of ketones is 1. The molecule has 0 saturated carbocycles. The average Bonchev–Trinajstić information content (AvgIpc) is 2.66. The number of hydrogen-bond acceptors (Lipinski definition) is 3. The van der Waals surface area contributed by atoms with E-state index in [2.05, 4.69) is 4.98 Å². The zero-order valence-electron chi connectivity index (χ0n) is 8.74. The van der Waals surface area contributed by atoms with Gasteiger partial charge in [-0.05, 0) is 24.6 Å². The van der Waals surface area contributed by atoms with Gasteiger partial charge in [0.25, 0.3) is 0 Å². The number of aromatic nitrogens is 1. The number of halogens is 1. The van der Waals surface area contributed by atoms with Gasteiger partial charge in [0.1, 0.15) is 16.6 Å². The summed E-state index contributed by atoms with van der Waals surface area (Å²) in [5, 5.41) is 0.798. The molecule has 1 aromatic carbocycles. The van der Waals surface area contributed by atoms with Crippen molar-refractivity contribution in [1.29, 1.82) is 0 Å². The van der Waals surface area contributed by atoms with Crippen LogP contribution in [0.4, 0.5) is 4.39 Å². The Kier molecular flexibility index (Phi) is 3.10. The molecule has 16 heavy (non-hydrogen) atoms. The molecule has 0 aliphatic heterocycles. The fraction of sp³-hybridized carbons (Fsp3) is 0.167. The van der Waals surface area contributed by atoms with Crippen molar-refractivity contribution in [3.63, 3.8) is 0 Å². The molecule has 0 aliphatic carbocycles. The predicted octanol–water partition coefficient (Wildman–Crippen LogP) is 3.08. The van der Waals surface area contributed by atoms with Crippen LogP contribution >= 0.6 is 11.3 Å². The van der Waals surface area contributed by atoms with E-state index < -0.39 is 0 Å². The zero-order valence-corrected chi connectivity index (χ0v) is 9.55. The third-order valence-electron chi connectivity index (χ3n) is 2.08. The summed E-state index contributed by atoms with van der Waals surface area (Å²) in [6.45, 7) is 1.54. The Morgan fingerprint density at radius 2 is 2.06 bits per heavy atom. The van der Waals surface area contributed by atoms with Crippen LogP contribution in [0, 0.1) is 5.82 Å². The van der Waals surface area contributed by atoms with Crippen LogP contribution in [-0.2, 0) is 11.2 Å². The summed E-state index contributed by atoms with van der Waals surface area (Å²) >= 11 is 1.47. The van der Waals surface area contributed by atoms with Crippen molar-refractivity contribution in [1.82, 2.24) is 4.98 Å². The van der Waals surface area contributed by atoms with Crippen LogP contribution < -0.4 is 0 Å². The van der Waals surface area contributed by atoms with Gasteiger partial charge in [-0.2, -0.15) is 0 Å². The molecule has 0 spiro atoms. The average molecular weight is 235 g/mol. The Hall–Kier alpha value is -1.55. The topological polar surface area (TPSA) is 30.0 Å². The quantitative estimate of drug-likeness (QED) is 0.818. The molecule has 0 unspecified atom stereocenters. The Morgan fingerprint density at radius 3 is 2.69 bits per heavy atom. The molecular formula is C12H10FNOS. The highest BCUT2D eigenvalue weighted by molar-refractivity contribution is 7.15. The summed E-state index contributed by atoms with van der Waals surface area (Å²) in [5.74, 6) is -0.155. The fourth-order valence-corrected chi connectivity index (χ4v) is 2.35. The minimum atomic E-state index is -0.253. The van der Waals surface area contributed by atoms with Crippen molar-refractivity contribution < 1.29 is 9.18 Å². The molecule has 82 valence electrons. The Balaban J connectivity index is 2.24. The molecular weight excluding hydrogens is 225 g/mol. The lowest BCUT2D eigenvalue weighted by atomic mass is 10.2. The van der Waals surface area contributed by atoms with Crippen LogP contribution in [0.2, 0.25) is 0 Å². The molecule has 2 aromatic rings. The molecule has 0 fully saturated rings. The minimum absolute atomic E-state index is 0.0972. The first kappa shape index (κ1) is 11.0. The van der Waals surface area contributed by atoms with E-state index >= 15 is 0 Å². The van der Waals surface area contributed by atoms with E-state index in [1.54, 1.807) is 25.3 Å². The summed E-state index contributed by atoms with van der Waals surface area (Å²) in [4.78, 5) is 16.0. The van der Waals surface area contributed by atoms with Crippen LogP contribution in [0.5, 0.6) is 0 Å². The highest BCUT2D eigenvalue weighted by Gasteiger charge is 2.06. The lowest BCUT2D eigenvalue weighted by Crippen LogP contribution is -1.94. The first-order chi connectivity index (χ1) is 7.65. The number of Topliss-reactive ketones (excluding diaryl/α,β-unsaturated/α-hetero) is 1. The van der Waals surface area contributed by atoms with Crippen LogP contribution in [0.1, 0.15) is 11.9 Å². The molecule has 0 saturated heterocycles. The highest BCUT2D eigenvalue weighted by atomic mass is 32.1. The lowest BCUT2D eigenvalue weighted by Gasteiger charge is -1.95. The Bertz CT molecular complexity index is 504. The summed E-state index contributed by atoms with van der Waals surface area (Å²) in [5.41, 5.74) is 0.925. The maximum Gasteiger partial charge on any atom is 0.136 e. The van der Waals surface area contributed by atoms with Gasteiger partial charge in [0.05, 0.1) is 11.3 Å². The second kappa shape index (κ2) is 4.53. The van der Waals surface area contributed by atoms with Crippen molar-refractivity contribution >= 4 is 17.1 Å². The number of nitrogens with zero attached hydrogens (tertiary/aromatic N) is 1. The van der Waals surface area contributed by atoms with E-state index in [1.165, 1.54) is 23.5 Å². The molecule has 0 aliphatic rings. The third-order valence-corrected chi connectivity index (χ3v) is 3.13. The van der Waals surface area contributed by atoms with Gasteiger partial charge in [0.2, 0.25) is 0 Å². The van der Waals surface area contributed by atoms with Gasteiger partial charge in [-0.25, -0.2) is 9.37 Å². The number of thiazole rings is 1. The monoisotopic (exact) mass is 235 g/mol. The summed E-state index contributed by atoms with van der Waals surface area (Å²) in [6.07, 6.45) is 2.09. The molecule has 0 atom stereocenters.